The lowest BCUT2D eigenvalue weighted by molar-refractivity contribution is -0.00957. The Morgan fingerprint density at radius 3 is 2.58 bits per heavy atom. The molecule has 0 saturated carbocycles. The molecule has 24 heavy (non-hydrogen) atoms. The van der Waals surface area contributed by atoms with Crippen molar-refractivity contribution in [3.63, 3.8) is 0 Å². The van der Waals surface area contributed by atoms with Crippen molar-refractivity contribution in [2.24, 2.45) is 14.1 Å². The molecule has 3 aliphatic heterocycles. The topological polar surface area (TPSA) is 59.2 Å². The lowest BCUT2D eigenvalue weighted by Crippen LogP contribution is -2.68. The summed E-state index contributed by atoms with van der Waals surface area (Å²) in [6.45, 7) is 4.70. The van der Waals surface area contributed by atoms with Crippen molar-refractivity contribution in [2.75, 3.05) is 18.0 Å². The molecule has 5 heterocycles. The second kappa shape index (κ2) is 5.60. The molecule has 5 rings (SSSR count). The van der Waals surface area contributed by atoms with Gasteiger partial charge < -0.3 is 4.90 Å². The predicted molar refractivity (Wildman–Crippen MR) is 92.4 cm³/mol. The van der Waals surface area contributed by atoms with Gasteiger partial charge in [-0.05, 0) is 19.4 Å². The third-order valence-corrected chi connectivity index (χ3v) is 5.61. The smallest absolute Gasteiger partial charge is 0.287 e. The number of piperazine rings is 1. The van der Waals surface area contributed by atoms with Gasteiger partial charge in [0, 0.05) is 51.5 Å². The van der Waals surface area contributed by atoms with Crippen LogP contribution in [0.25, 0.3) is 0 Å². The Labute approximate surface area is 145 Å². The maximum absolute atomic E-state index is 12.0. The molecule has 7 nitrogen and oxygen atoms in total. The highest BCUT2D eigenvalue weighted by molar-refractivity contribution is 6.33. The molecular formula is C16H21ClN6O. The maximum Gasteiger partial charge on any atom is 0.287 e. The molecular weight excluding hydrogens is 328 g/mol. The zero-order chi connectivity index (χ0) is 17.0. The van der Waals surface area contributed by atoms with E-state index in [1.807, 2.05) is 11.7 Å². The van der Waals surface area contributed by atoms with Crippen LogP contribution < -0.4 is 10.5 Å². The number of hydrogen-bond donors (Lipinski definition) is 0. The van der Waals surface area contributed by atoms with Crippen molar-refractivity contribution in [1.82, 2.24) is 24.5 Å². The first-order chi connectivity index (χ1) is 11.4. The highest BCUT2D eigenvalue weighted by Gasteiger charge is 2.45. The molecule has 2 aromatic heterocycles. The van der Waals surface area contributed by atoms with Crippen LogP contribution in [0.1, 0.15) is 17.8 Å². The molecule has 2 bridgehead atoms. The molecule has 0 spiro atoms. The number of halogens is 1. The van der Waals surface area contributed by atoms with Crippen LogP contribution in [0.15, 0.2) is 17.1 Å². The Balaban J connectivity index is 1.49. The fourth-order valence-corrected chi connectivity index (χ4v) is 4.05. The third-order valence-electron chi connectivity index (χ3n) is 5.25. The van der Waals surface area contributed by atoms with Crippen molar-refractivity contribution in [3.8, 4) is 0 Å². The quantitative estimate of drug-likeness (QED) is 0.826. The van der Waals surface area contributed by atoms with Gasteiger partial charge in [-0.25, -0.2) is 4.68 Å². The van der Waals surface area contributed by atoms with Crippen LogP contribution in [0.4, 0.5) is 5.69 Å². The number of fused-ring (bicyclic) bond motifs is 2. The first kappa shape index (κ1) is 15.7. The summed E-state index contributed by atoms with van der Waals surface area (Å²) in [5.74, 6) is 0. The first-order valence-electron chi connectivity index (χ1n) is 8.16. The molecule has 0 aliphatic carbocycles. The number of hydrogen-bond acceptors (Lipinski definition) is 5. The van der Waals surface area contributed by atoms with Crippen LogP contribution in [0.5, 0.6) is 0 Å². The molecule has 2 atom stereocenters. The summed E-state index contributed by atoms with van der Waals surface area (Å²) in [4.78, 5) is 16.7. The van der Waals surface area contributed by atoms with Crippen LogP contribution >= 0.6 is 11.6 Å². The number of piperidine rings is 1. The second-order valence-electron chi connectivity index (χ2n) is 6.79. The van der Waals surface area contributed by atoms with Crippen LogP contribution in [0, 0.1) is 6.92 Å². The largest absolute Gasteiger partial charge is 0.366 e. The number of aryl methyl sites for hydroxylation is 3. The molecule has 3 fully saturated rings. The Bertz CT molecular complexity index is 812. The second-order valence-corrected chi connectivity index (χ2v) is 7.17. The number of aromatic nitrogens is 4. The Kier molecular flexibility index (Phi) is 3.65. The summed E-state index contributed by atoms with van der Waals surface area (Å²) in [7, 11) is 3.59. The van der Waals surface area contributed by atoms with E-state index in [0.29, 0.717) is 12.1 Å². The van der Waals surface area contributed by atoms with Crippen molar-refractivity contribution < 1.29 is 0 Å². The Morgan fingerprint density at radius 2 is 1.96 bits per heavy atom. The summed E-state index contributed by atoms with van der Waals surface area (Å²) in [5, 5.41) is 8.93. The standard InChI is InChI=1S/C16H21ClN6O/c1-10-4-11(19-20(10)2)7-23-12-5-13(23)9-22(8-12)14-6-18-21(3)16(24)15(14)17/h4,6,12-13H,5,7-9H2,1-3H3. The molecule has 0 amide bonds. The Morgan fingerprint density at radius 1 is 1.25 bits per heavy atom. The van der Waals surface area contributed by atoms with Crippen LogP contribution in [0.2, 0.25) is 5.02 Å². The number of rotatable bonds is 3. The molecule has 3 saturated heterocycles. The van der Waals surface area contributed by atoms with Gasteiger partial charge in [0.05, 0.1) is 17.6 Å². The molecule has 2 aromatic rings. The van der Waals surface area contributed by atoms with E-state index < -0.39 is 0 Å². The van der Waals surface area contributed by atoms with Crippen LogP contribution in [-0.2, 0) is 20.6 Å². The highest BCUT2D eigenvalue weighted by Crippen LogP contribution is 2.36. The van der Waals surface area contributed by atoms with Gasteiger partial charge in [-0.3, -0.25) is 14.4 Å². The first-order valence-corrected chi connectivity index (χ1v) is 8.54. The fourth-order valence-electron chi connectivity index (χ4n) is 3.76. The number of nitrogens with zero attached hydrogens (tertiary/aromatic N) is 6. The van der Waals surface area contributed by atoms with Gasteiger partial charge in [0.1, 0.15) is 5.02 Å². The summed E-state index contributed by atoms with van der Waals surface area (Å²) < 4.78 is 3.19. The summed E-state index contributed by atoms with van der Waals surface area (Å²) >= 11 is 6.24. The lowest BCUT2D eigenvalue weighted by atomic mass is 9.87. The van der Waals surface area contributed by atoms with Crippen molar-refractivity contribution in [3.05, 3.63) is 39.0 Å². The molecule has 2 unspecified atom stereocenters. The lowest BCUT2D eigenvalue weighted by Gasteiger charge is -2.56. The molecule has 0 aromatic carbocycles. The van der Waals surface area contributed by atoms with Gasteiger partial charge >= 0.3 is 0 Å². The normalized spacial score (nSPS) is 23.4. The summed E-state index contributed by atoms with van der Waals surface area (Å²) in [5.41, 5.74) is 2.80. The summed E-state index contributed by atoms with van der Waals surface area (Å²) in [6.07, 6.45) is 2.89. The third kappa shape index (κ3) is 2.43. The van der Waals surface area contributed by atoms with Gasteiger partial charge in [0.2, 0.25) is 0 Å². The average molecular weight is 349 g/mol. The van der Waals surface area contributed by atoms with Gasteiger partial charge in [-0.1, -0.05) is 11.6 Å². The average Bonchev–Trinajstić information content (AvgIpc) is 2.88. The van der Waals surface area contributed by atoms with Gasteiger partial charge in [-0.15, -0.1) is 0 Å². The minimum Gasteiger partial charge on any atom is -0.366 e. The van der Waals surface area contributed by atoms with E-state index in [0.717, 1.165) is 31.0 Å². The monoisotopic (exact) mass is 348 g/mol. The van der Waals surface area contributed by atoms with Crippen molar-refractivity contribution in [1.29, 1.82) is 0 Å². The van der Waals surface area contributed by atoms with E-state index in [2.05, 4.69) is 33.0 Å². The van der Waals surface area contributed by atoms with E-state index in [-0.39, 0.29) is 10.6 Å². The van der Waals surface area contributed by atoms with Crippen LogP contribution in [-0.4, -0.2) is 49.6 Å². The Hall–Kier alpha value is -1.86. The molecule has 8 heteroatoms. The molecule has 0 radical (unpaired) electrons. The minimum atomic E-state index is -0.241. The van der Waals surface area contributed by atoms with Gasteiger partial charge in [0.15, 0.2) is 0 Å². The van der Waals surface area contributed by atoms with Gasteiger partial charge in [-0.2, -0.15) is 10.2 Å². The fraction of sp³-hybridized carbons (Fsp3) is 0.562. The van der Waals surface area contributed by atoms with E-state index in [9.17, 15) is 4.79 Å². The molecule has 0 N–H and O–H groups in total. The van der Waals surface area contributed by atoms with Crippen molar-refractivity contribution in [2.45, 2.75) is 32.0 Å². The minimum absolute atomic E-state index is 0.241. The van der Waals surface area contributed by atoms with E-state index in [1.54, 1.807) is 13.2 Å². The van der Waals surface area contributed by atoms with Crippen molar-refractivity contribution >= 4 is 17.3 Å². The maximum atomic E-state index is 12.0. The molecule has 128 valence electrons. The SMILES string of the molecule is Cc1cc(CN2C3CC2CN(c2cnn(C)c(=O)c2Cl)C3)nn1C. The van der Waals surface area contributed by atoms with E-state index in [4.69, 9.17) is 11.6 Å². The highest BCUT2D eigenvalue weighted by atomic mass is 35.5. The van der Waals surface area contributed by atoms with Crippen LogP contribution in [0.3, 0.4) is 0 Å². The number of anilines is 1. The zero-order valence-corrected chi connectivity index (χ0v) is 14.9. The summed E-state index contributed by atoms with van der Waals surface area (Å²) in [6, 6.07) is 3.10. The van der Waals surface area contributed by atoms with Gasteiger partial charge in [0.25, 0.3) is 5.56 Å². The van der Waals surface area contributed by atoms with E-state index >= 15 is 0 Å². The zero-order valence-electron chi connectivity index (χ0n) is 14.1. The molecule has 3 aliphatic rings. The van der Waals surface area contributed by atoms with E-state index in [1.165, 1.54) is 16.8 Å². The predicted octanol–water partition coefficient (Wildman–Crippen LogP) is 0.939.